The molecule has 0 amide bonds. The number of amidine groups is 2. The van der Waals surface area contributed by atoms with Gasteiger partial charge in [0.15, 0.2) is 11.7 Å². The van der Waals surface area contributed by atoms with Crippen molar-refractivity contribution in [2.45, 2.75) is 59.9 Å². The summed E-state index contributed by atoms with van der Waals surface area (Å²) < 4.78 is 0. The summed E-state index contributed by atoms with van der Waals surface area (Å²) in [6.07, 6.45) is 3.64. The van der Waals surface area contributed by atoms with Crippen molar-refractivity contribution in [2.75, 3.05) is 18.1 Å². The number of unbranched alkanes of at least 4 members (excludes halogenated alkanes) is 2. The maximum absolute atomic E-state index is 4.98. The van der Waals surface area contributed by atoms with E-state index in [2.05, 4.69) is 50.8 Å². The van der Waals surface area contributed by atoms with Crippen molar-refractivity contribution in [3.63, 3.8) is 0 Å². The maximum Gasteiger partial charge on any atom is 0.193 e. The number of rotatable bonds is 5. The summed E-state index contributed by atoms with van der Waals surface area (Å²) in [5.41, 5.74) is 4.24. The molecule has 2 aliphatic heterocycles. The summed E-state index contributed by atoms with van der Waals surface area (Å²) >= 11 is 0. The van der Waals surface area contributed by atoms with E-state index < -0.39 is 0 Å². The molecular weight excluding hydrogens is 310 g/mol. The predicted molar refractivity (Wildman–Crippen MR) is 108 cm³/mol. The van der Waals surface area contributed by atoms with Crippen molar-refractivity contribution in [2.24, 2.45) is 15.1 Å². The summed E-state index contributed by atoms with van der Waals surface area (Å²) in [5.74, 6) is 1.84. The van der Waals surface area contributed by atoms with Crippen LogP contribution in [0.25, 0.3) is 0 Å². The zero-order chi connectivity index (χ0) is 18.0. The average molecular weight is 339 g/mol. The smallest absolute Gasteiger partial charge is 0.193 e. The number of benzene rings is 1. The van der Waals surface area contributed by atoms with Gasteiger partial charge in [-0.3, -0.25) is 4.99 Å². The van der Waals surface area contributed by atoms with Gasteiger partial charge >= 0.3 is 0 Å². The highest BCUT2D eigenvalue weighted by molar-refractivity contribution is 6.47. The van der Waals surface area contributed by atoms with Gasteiger partial charge < -0.3 is 4.90 Å². The van der Waals surface area contributed by atoms with Gasteiger partial charge in [0, 0.05) is 13.1 Å². The van der Waals surface area contributed by atoms with Crippen LogP contribution < -0.4 is 5.01 Å². The number of hydrogen-bond donors (Lipinski definition) is 0. The molecule has 2 heterocycles. The Labute approximate surface area is 151 Å². The van der Waals surface area contributed by atoms with Crippen molar-refractivity contribution >= 4 is 28.8 Å². The fraction of sp³-hybridized carbons (Fsp3) is 0.550. The number of aliphatic imine (C=N–C) groups is 2. The molecule has 2 aliphatic rings. The monoisotopic (exact) mass is 339 g/mol. The fourth-order valence-corrected chi connectivity index (χ4v) is 3.18. The molecule has 5 heteroatoms. The number of likely N-dealkylation sites (N-methyl/N-ethyl adjacent to an activating group) is 1. The summed E-state index contributed by atoms with van der Waals surface area (Å²) in [4.78, 5) is 12.3. The van der Waals surface area contributed by atoms with Gasteiger partial charge in [-0.2, -0.15) is 5.10 Å². The van der Waals surface area contributed by atoms with Crippen LogP contribution in [0.4, 0.5) is 11.4 Å². The molecule has 0 saturated carbocycles. The van der Waals surface area contributed by atoms with Crippen LogP contribution >= 0.6 is 0 Å². The highest BCUT2D eigenvalue weighted by Gasteiger charge is 2.33. The van der Waals surface area contributed by atoms with Crippen LogP contribution in [0.2, 0.25) is 0 Å². The third-order valence-corrected chi connectivity index (χ3v) is 4.88. The second-order valence-corrected chi connectivity index (χ2v) is 6.90. The molecule has 0 spiro atoms. The van der Waals surface area contributed by atoms with Crippen LogP contribution in [0, 0.1) is 6.92 Å². The molecular formula is C20H29N5. The molecule has 3 rings (SSSR count). The molecule has 134 valence electrons. The lowest BCUT2D eigenvalue weighted by Gasteiger charge is -2.36. The van der Waals surface area contributed by atoms with Gasteiger partial charge in [-0.15, -0.1) is 0 Å². The van der Waals surface area contributed by atoms with Crippen LogP contribution in [-0.4, -0.2) is 41.4 Å². The molecule has 5 nitrogen and oxygen atoms in total. The minimum atomic E-state index is 0.0946. The molecule has 1 aromatic rings. The second kappa shape index (κ2) is 7.38. The third-order valence-electron chi connectivity index (χ3n) is 4.88. The topological polar surface area (TPSA) is 43.6 Å². The minimum absolute atomic E-state index is 0.0946. The maximum atomic E-state index is 4.98. The second-order valence-electron chi connectivity index (χ2n) is 6.90. The van der Waals surface area contributed by atoms with Gasteiger partial charge in [-0.1, -0.05) is 25.8 Å². The Kier molecular flexibility index (Phi) is 5.21. The van der Waals surface area contributed by atoms with E-state index in [1.54, 1.807) is 0 Å². The fourth-order valence-electron chi connectivity index (χ4n) is 3.18. The highest BCUT2D eigenvalue weighted by Crippen LogP contribution is 2.36. The molecule has 1 aromatic carbocycles. The van der Waals surface area contributed by atoms with E-state index in [1.807, 2.05) is 11.9 Å². The van der Waals surface area contributed by atoms with Gasteiger partial charge in [-0.05, 0) is 51.8 Å². The van der Waals surface area contributed by atoms with Crippen LogP contribution in [0.5, 0.6) is 0 Å². The molecule has 25 heavy (non-hydrogen) atoms. The zero-order valence-corrected chi connectivity index (χ0v) is 16.1. The van der Waals surface area contributed by atoms with Crippen molar-refractivity contribution in [3.8, 4) is 0 Å². The Bertz CT molecular complexity index is 732. The van der Waals surface area contributed by atoms with Gasteiger partial charge in [0.1, 0.15) is 0 Å². The Morgan fingerprint density at radius 2 is 1.96 bits per heavy atom. The van der Waals surface area contributed by atoms with Crippen LogP contribution in [0.1, 0.15) is 52.5 Å². The molecule has 1 unspecified atom stereocenters. The van der Waals surface area contributed by atoms with E-state index in [9.17, 15) is 0 Å². The van der Waals surface area contributed by atoms with Gasteiger partial charge in [0.2, 0.25) is 0 Å². The lowest BCUT2D eigenvalue weighted by atomic mass is 10.1. The van der Waals surface area contributed by atoms with Gasteiger partial charge in [-0.25, -0.2) is 10.0 Å². The first kappa shape index (κ1) is 17.6. The van der Waals surface area contributed by atoms with Crippen LogP contribution in [0.3, 0.4) is 0 Å². The summed E-state index contributed by atoms with van der Waals surface area (Å²) in [6.45, 7) is 12.6. The summed E-state index contributed by atoms with van der Waals surface area (Å²) in [7, 11) is 0. The van der Waals surface area contributed by atoms with E-state index >= 15 is 0 Å². The normalized spacial score (nSPS) is 18.8. The standard InChI is InChI=1S/C20H29N5/c1-6-8-9-12-24(7-2)19-20-21-15(4)16(5)23-25(20)18-13-14(3)10-11-17(18)22-19/h10-11,13,15H,6-9,12H2,1-5H3. The quantitative estimate of drug-likeness (QED) is 0.740. The first-order chi connectivity index (χ1) is 12.0. The molecule has 0 aliphatic carbocycles. The zero-order valence-electron chi connectivity index (χ0n) is 16.1. The predicted octanol–water partition coefficient (Wildman–Crippen LogP) is 4.53. The number of fused-ring (bicyclic) bond motifs is 3. The summed E-state index contributed by atoms with van der Waals surface area (Å²) in [6, 6.07) is 6.44. The van der Waals surface area contributed by atoms with E-state index in [1.165, 1.54) is 24.8 Å². The Morgan fingerprint density at radius 3 is 2.68 bits per heavy atom. The van der Waals surface area contributed by atoms with Gasteiger partial charge in [0.05, 0.1) is 23.1 Å². The highest BCUT2D eigenvalue weighted by atomic mass is 15.5. The van der Waals surface area contributed by atoms with Crippen molar-refractivity contribution in [3.05, 3.63) is 23.8 Å². The number of hydrazone groups is 1. The molecule has 0 fully saturated rings. The molecule has 1 atom stereocenters. The van der Waals surface area contributed by atoms with Crippen molar-refractivity contribution in [1.82, 2.24) is 4.90 Å². The van der Waals surface area contributed by atoms with E-state index in [-0.39, 0.29) is 6.04 Å². The first-order valence-corrected chi connectivity index (χ1v) is 9.42. The van der Waals surface area contributed by atoms with E-state index in [0.717, 1.165) is 41.8 Å². The number of aryl methyl sites for hydroxylation is 1. The molecule has 0 bridgehead atoms. The van der Waals surface area contributed by atoms with Crippen molar-refractivity contribution in [1.29, 1.82) is 0 Å². The largest absolute Gasteiger partial charge is 0.354 e. The Morgan fingerprint density at radius 1 is 1.16 bits per heavy atom. The average Bonchev–Trinajstić information content (AvgIpc) is 2.60. The van der Waals surface area contributed by atoms with Gasteiger partial charge in [0.25, 0.3) is 0 Å². The van der Waals surface area contributed by atoms with Crippen LogP contribution in [0.15, 0.2) is 33.3 Å². The Balaban J connectivity index is 2.04. The minimum Gasteiger partial charge on any atom is -0.354 e. The lowest BCUT2D eigenvalue weighted by molar-refractivity contribution is 0.426. The molecule has 0 saturated heterocycles. The number of nitrogens with zero attached hydrogens (tertiary/aromatic N) is 5. The van der Waals surface area contributed by atoms with E-state index in [4.69, 9.17) is 15.1 Å². The lowest BCUT2D eigenvalue weighted by Crippen LogP contribution is -2.48. The first-order valence-electron chi connectivity index (χ1n) is 9.42. The molecule has 0 radical (unpaired) electrons. The van der Waals surface area contributed by atoms with Crippen LogP contribution in [-0.2, 0) is 0 Å². The molecule has 0 N–H and O–H groups in total. The number of hydrogen-bond acceptors (Lipinski definition) is 5. The van der Waals surface area contributed by atoms with E-state index in [0.29, 0.717) is 0 Å². The SMILES string of the molecule is CCCCCN(CC)C1=Nc2ccc(C)cc2N2N=C(C)C(C)N=C12. The molecule has 0 aromatic heterocycles. The number of anilines is 1. The van der Waals surface area contributed by atoms with Crippen molar-refractivity contribution < 1.29 is 0 Å². The Hall–Kier alpha value is -2.17. The summed E-state index contributed by atoms with van der Waals surface area (Å²) in [5, 5.41) is 6.83. The third kappa shape index (κ3) is 3.46.